The number of hydrogen-bond donors (Lipinski definition) is 3. The number of amides is 1. The van der Waals surface area contributed by atoms with Crippen LogP contribution in [0.4, 0.5) is 11.4 Å². The molecule has 0 aliphatic heterocycles. The zero-order valence-electron chi connectivity index (χ0n) is 9.92. The minimum atomic E-state index is -0.303. The Bertz CT molecular complexity index is 550. The van der Waals surface area contributed by atoms with Crippen molar-refractivity contribution < 1.29 is 4.79 Å². The number of aromatic nitrogens is 3. The van der Waals surface area contributed by atoms with Gasteiger partial charge in [0.05, 0.1) is 17.6 Å². The third kappa shape index (κ3) is 2.64. The Labute approximate surface area is 104 Å². The van der Waals surface area contributed by atoms with E-state index in [0.717, 1.165) is 6.54 Å². The van der Waals surface area contributed by atoms with Gasteiger partial charge in [-0.1, -0.05) is 0 Å². The number of pyridine rings is 1. The summed E-state index contributed by atoms with van der Waals surface area (Å²) in [5, 5.41) is 6.78. The summed E-state index contributed by atoms with van der Waals surface area (Å²) >= 11 is 0. The molecule has 2 heterocycles. The lowest BCUT2D eigenvalue weighted by Crippen LogP contribution is -2.14. The number of nitrogens with two attached hydrogens (primary N) is 1. The van der Waals surface area contributed by atoms with E-state index in [-0.39, 0.29) is 11.6 Å². The number of hydrogen-bond acceptors (Lipinski definition) is 5. The van der Waals surface area contributed by atoms with E-state index < -0.39 is 0 Å². The van der Waals surface area contributed by atoms with Crippen LogP contribution in [0.2, 0.25) is 0 Å². The van der Waals surface area contributed by atoms with Gasteiger partial charge in [-0.25, -0.2) is 0 Å². The maximum Gasteiger partial charge on any atom is 0.274 e. The molecule has 0 unspecified atom stereocenters. The minimum Gasteiger partial charge on any atom is -0.324 e. The first kappa shape index (κ1) is 12.1. The van der Waals surface area contributed by atoms with Crippen LogP contribution < -0.4 is 16.6 Å². The third-order valence-corrected chi connectivity index (χ3v) is 2.37. The van der Waals surface area contributed by atoms with Crippen LogP contribution in [0.15, 0.2) is 30.7 Å². The summed E-state index contributed by atoms with van der Waals surface area (Å²) < 4.78 is 1.72. The lowest BCUT2D eigenvalue weighted by Gasteiger charge is -2.03. The predicted molar refractivity (Wildman–Crippen MR) is 67.9 cm³/mol. The van der Waals surface area contributed by atoms with Crippen LogP contribution in [0, 0.1) is 0 Å². The monoisotopic (exact) mass is 246 g/mol. The highest BCUT2D eigenvalue weighted by Crippen LogP contribution is 2.10. The van der Waals surface area contributed by atoms with Crippen LogP contribution >= 0.6 is 0 Å². The van der Waals surface area contributed by atoms with E-state index in [4.69, 9.17) is 5.84 Å². The van der Waals surface area contributed by atoms with Crippen molar-refractivity contribution in [3.8, 4) is 0 Å². The molecule has 4 N–H and O–H groups in total. The van der Waals surface area contributed by atoms with Gasteiger partial charge < -0.3 is 10.7 Å². The fraction of sp³-hybridized carbons (Fsp3) is 0.182. The number of carbonyl (C=O) groups is 1. The largest absolute Gasteiger partial charge is 0.324 e. The van der Waals surface area contributed by atoms with Gasteiger partial charge in [0.15, 0.2) is 0 Å². The third-order valence-electron chi connectivity index (χ3n) is 2.37. The molecule has 0 atom stereocenters. The summed E-state index contributed by atoms with van der Waals surface area (Å²) in [7, 11) is 0. The summed E-state index contributed by atoms with van der Waals surface area (Å²) in [6.07, 6.45) is 4.86. The smallest absolute Gasteiger partial charge is 0.274 e. The van der Waals surface area contributed by atoms with Crippen molar-refractivity contribution >= 4 is 17.3 Å². The summed E-state index contributed by atoms with van der Waals surface area (Å²) in [5.74, 6) is 4.97. The second-order valence-electron chi connectivity index (χ2n) is 3.61. The second-order valence-corrected chi connectivity index (χ2v) is 3.61. The first-order valence-corrected chi connectivity index (χ1v) is 5.49. The van der Waals surface area contributed by atoms with Crippen molar-refractivity contribution in [1.82, 2.24) is 14.8 Å². The average Bonchev–Trinajstić information content (AvgIpc) is 2.86. The van der Waals surface area contributed by atoms with Crippen molar-refractivity contribution in [2.45, 2.75) is 13.5 Å². The molecule has 18 heavy (non-hydrogen) atoms. The number of hydrazine groups is 1. The number of aryl methyl sites for hydroxylation is 1. The summed E-state index contributed by atoms with van der Waals surface area (Å²) in [5.41, 5.74) is 4.01. The molecule has 7 heteroatoms. The highest BCUT2D eigenvalue weighted by molar-refractivity contribution is 6.03. The van der Waals surface area contributed by atoms with Crippen LogP contribution in [0.5, 0.6) is 0 Å². The molecule has 94 valence electrons. The Morgan fingerprint density at radius 2 is 2.33 bits per heavy atom. The van der Waals surface area contributed by atoms with Gasteiger partial charge in [0.1, 0.15) is 5.69 Å². The maximum absolute atomic E-state index is 11.9. The van der Waals surface area contributed by atoms with E-state index in [2.05, 4.69) is 20.8 Å². The van der Waals surface area contributed by atoms with Crippen molar-refractivity contribution in [2.24, 2.45) is 5.84 Å². The fourth-order valence-electron chi connectivity index (χ4n) is 1.44. The molecule has 1 amide bonds. The van der Waals surface area contributed by atoms with Gasteiger partial charge in [-0.2, -0.15) is 5.10 Å². The molecular weight excluding hydrogens is 232 g/mol. The van der Waals surface area contributed by atoms with Crippen molar-refractivity contribution in [1.29, 1.82) is 0 Å². The average molecular weight is 246 g/mol. The predicted octanol–water partition coefficient (Wildman–Crippen LogP) is 0.836. The molecule has 0 saturated carbocycles. The fourth-order valence-corrected chi connectivity index (χ4v) is 1.44. The minimum absolute atomic E-state index is 0.287. The first-order chi connectivity index (χ1) is 8.72. The standard InChI is InChI=1S/C11H14N6O/c1-2-17-7-9(6-14-17)15-11(18)10-5-8(16-12)3-4-13-10/h3-7H,2,12H2,1H3,(H,13,16)(H,15,18). The highest BCUT2D eigenvalue weighted by atomic mass is 16.1. The molecule has 0 aromatic carbocycles. The molecule has 0 fully saturated rings. The van der Waals surface area contributed by atoms with Gasteiger partial charge in [-0.05, 0) is 19.1 Å². The van der Waals surface area contributed by atoms with Gasteiger partial charge in [0, 0.05) is 18.9 Å². The lowest BCUT2D eigenvalue weighted by atomic mass is 10.3. The molecule has 2 rings (SSSR count). The van der Waals surface area contributed by atoms with Crippen LogP contribution in [0.3, 0.4) is 0 Å². The SMILES string of the molecule is CCn1cc(NC(=O)c2cc(NN)ccn2)cn1. The molecule has 0 aliphatic carbocycles. The Morgan fingerprint density at radius 3 is 3.00 bits per heavy atom. The number of carbonyl (C=O) groups excluding carboxylic acids is 1. The topological polar surface area (TPSA) is 97.9 Å². The molecule has 7 nitrogen and oxygen atoms in total. The molecule has 0 bridgehead atoms. The summed E-state index contributed by atoms with van der Waals surface area (Å²) in [6.45, 7) is 2.72. The van der Waals surface area contributed by atoms with Gasteiger partial charge >= 0.3 is 0 Å². The van der Waals surface area contributed by atoms with Crippen LogP contribution in [-0.4, -0.2) is 20.7 Å². The molecule has 0 saturated heterocycles. The molecule has 0 radical (unpaired) electrons. The van der Waals surface area contributed by atoms with Crippen molar-refractivity contribution in [2.75, 3.05) is 10.7 Å². The Kier molecular flexibility index (Phi) is 3.54. The number of anilines is 2. The van der Waals surface area contributed by atoms with E-state index >= 15 is 0 Å². The van der Waals surface area contributed by atoms with E-state index in [1.165, 1.54) is 6.20 Å². The number of nitrogens with one attached hydrogen (secondary N) is 2. The second kappa shape index (κ2) is 5.28. The molecule has 0 aliphatic rings. The zero-order valence-corrected chi connectivity index (χ0v) is 9.92. The number of rotatable bonds is 4. The van der Waals surface area contributed by atoms with E-state index in [9.17, 15) is 4.79 Å². The Morgan fingerprint density at radius 1 is 1.50 bits per heavy atom. The summed E-state index contributed by atoms with van der Waals surface area (Å²) in [4.78, 5) is 15.9. The highest BCUT2D eigenvalue weighted by Gasteiger charge is 2.09. The molecule has 2 aromatic heterocycles. The Balaban J connectivity index is 2.11. The number of nitrogens with zero attached hydrogens (tertiary/aromatic N) is 3. The molecule has 0 spiro atoms. The maximum atomic E-state index is 11.9. The van der Waals surface area contributed by atoms with Crippen LogP contribution in [-0.2, 0) is 6.54 Å². The van der Waals surface area contributed by atoms with E-state index in [1.54, 1.807) is 29.2 Å². The molecule has 2 aromatic rings. The Hall–Kier alpha value is -2.41. The lowest BCUT2D eigenvalue weighted by molar-refractivity contribution is 0.102. The van der Waals surface area contributed by atoms with Gasteiger partial charge in [-0.15, -0.1) is 0 Å². The molecular formula is C11H14N6O. The van der Waals surface area contributed by atoms with Gasteiger partial charge in [-0.3, -0.25) is 20.3 Å². The number of nitrogen functional groups attached to an aromatic ring is 1. The zero-order chi connectivity index (χ0) is 13.0. The van der Waals surface area contributed by atoms with E-state index in [0.29, 0.717) is 11.4 Å². The summed E-state index contributed by atoms with van der Waals surface area (Å²) in [6, 6.07) is 3.24. The van der Waals surface area contributed by atoms with Crippen LogP contribution in [0.25, 0.3) is 0 Å². The quantitative estimate of drug-likeness (QED) is 0.548. The normalized spacial score (nSPS) is 10.1. The van der Waals surface area contributed by atoms with Crippen molar-refractivity contribution in [3.05, 3.63) is 36.4 Å². The van der Waals surface area contributed by atoms with E-state index in [1.807, 2.05) is 6.92 Å². The van der Waals surface area contributed by atoms with Gasteiger partial charge in [0.25, 0.3) is 5.91 Å². The van der Waals surface area contributed by atoms with Crippen molar-refractivity contribution in [3.63, 3.8) is 0 Å². The van der Waals surface area contributed by atoms with Gasteiger partial charge in [0.2, 0.25) is 0 Å². The first-order valence-electron chi connectivity index (χ1n) is 5.49. The van der Waals surface area contributed by atoms with Crippen LogP contribution in [0.1, 0.15) is 17.4 Å².